The second-order valence-electron chi connectivity index (χ2n) is 38.0. The van der Waals surface area contributed by atoms with E-state index >= 15 is 35.1 Å². The molecule has 0 spiro atoms. The van der Waals surface area contributed by atoms with E-state index in [1.807, 2.05) is 0 Å². The minimum Gasteiger partial charge on any atom is -0.396 e. The SMILES string of the molecule is CCCC(O)(C(C)C)C(Cc1ccc(C(F)(F)P(=O)(OC(C)(C)C)OC(C)(C)C)cc1)(Cc1ccc(C(F)(F)P(=O)(OC(C)(C)C)OC(C)(C)C)cc1)C(O)OC(CCC)(C(C)C)C(CO)(Cc1ccc(C(F)(F)P(=O)(OC(C)(C)C)OC(C)(C)C)cc1)Cc1ccc(C(F)(F)P(=O)(OC(C)(C)C)OC(C)(C)C)cc1. The van der Waals surface area contributed by atoms with Gasteiger partial charge >= 0.3 is 53.0 Å². The number of hydrogen-bond donors (Lipinski definition) is 3. The fraction of sp³-hybridized carbons (Fsp3) is 0.707. The fourth-order valence-electron chi connectivity index (χ4n) is 13.9. The highest BCUT2D eigenvalue weighted by Gasteiger charge is 2.65. The van der Waals surface area contributed by atoms with Crippen molar-refractivity contribution in [3.8, 4) is 0 Å². The minimum atomic E-state index is -5.42. The van der Waals surface area contributed by atoms with Crippen LogP contribution >= 0.6 is 30.4 Å². The van der Waals surface area contributed by atoms with E-state index in [4.69, 9.17) is 40.9 Å². The summed E-state index contributed by atoms with van der Waals surface area (Å²) in [7, 11) is -21.6. The zero-order valence-corrected chi connectivity index (χ0v) is 74.4. The van der Waals surface area contributed by atoms with Crippen LogP contribution in [0.2, 0.25) is 0 Å². The molecular formula is C82H130F8O16P4. The lowest BCUT2D eigenvalue weighted by molar-refractivity contribution is -0.324. The molecule has 0 saturated heterocycles. The number of aliphatic hydroxyl groups is 3. The zero-order valence-electron chi connectivity index (χ0n) is 70.8. The molecule has 110 heavy (non-hydrogen) atoms. The molecule has 0 aliphatic carbocycles. The van der Waals surface area contributed by atoms with Gasteiger partial charge in [0.2, 0.25) is 0 Å². The first-order chi connectivity index (χ1) is 49.1. The van der Waals surface area contributed by atoms with Crippen molar-refractivity contribution in [3.05, 3.63) is 142 Å². The third-order valence-electron chi connectivity index (χ3n) is 17.9. The molecule has 0 radical (unpaired) electrons. The third-order valence-corrected chi connectivity index (χ3v) is 27.9. The molecule has 630 valence electrons. The number of hydrogen-bond acceptors (Lipinski definition) is 16. The second-order valence-corrected chi connectivity index (χ2v) is 45.7. The Balaban J connectivity index is 2.31. The van der Waals surface area contributed by atoms with Gasteiger partial charge in [-0.15, -0.1) is 0 Å². The summed E-state index contributed by atoms with van der Waals surface area (Å²) in [5, 5.41) is 41.3. The lowest BCUT2D eigenvalue weighted by Crippen LogP contribution is -2.66. The van der Waals surface area contributed by atoms with Gasteiger partial charge in [-0.2, -0.15) is 35.1 Å². The summed E-state index contributed by atoms with van der Waals surface area (Å²) in [4.78, 5) is 0. The maximum Gasteiger partial charge on any atom is 0.405 e. The molecule has 0 aliphatic heterocycles. The molecule has 0 aliphatic rings. The molecule has 4 aromatic carbocycles. The van der Waals surface area contributed by atoms with Gasteiger partial charge in [0.25, 0.3) is 0 Å². The van der Waals surface area contributed by atoms with E-state index in [2.05, 4.69) is 0 Å². The van der Waals surface area contributed by atoms with Gasteiger partial charge in [-0.3, -0.25) is 54.5 Å². The molecule has 4 aromatic rings. The Morgan fingerprint density at radius 3 is 0.700 bits per heavy atom. The Kier molecular flexibility index (Phi) is 31.0. The first-order valence-corrected chi connectivity index (χ1v) is 43.9. The highest BCUT2D eigenvalue weighted by atomic mass is 31.2. The summed E-state index contributed by atoms with van der Waals surface area (Å²) in [5.74, 6) is -1.73. The summed E-state index contributed by atoms with van der Waals surface area (Å²) in [6, 6.07) is 18.6. The molecule has 28 heteroatoms. The maximum atomic E-state index is 17.3. The van der Waals surface area contributed by atoms with Gasteiger partial charge in [0, 0.05) is 27.7 Å². The standard InChI is InChI=1S/C82H130F8O16P4/c1-31-49-77(93,56(3)4)76(53-60-37-45-64(46-38-60)81(87,88)109(96,103-71(19,20)21)104-72(22,23)24,54-61-39-47-65(48-40-61)82(89,90)110(97,105-73(25,26)27)106-74(28,29)30)66(92)98-78(50-32-2,57(5)6)75(55-91,51-58-33-41-62(42-34-58)79(83,84)107(94,99-67(7,8)9)100-68(10,11)12)52-59-35-43-63(44-36-59)80(85,86)108(95,101-69(13,14)15)102-70(16,17)18/h33-48,56-57,66,91-93H,31-32,49-55H2,1-30H3. The van der Waals surface area contributed by atoms with Crippen molar-refractivity contribution < 1.29 is 110 Å². The molecule has 4 rings (SSSR count). The molecule has 16 nitrogen and oxygen atoms in total. The molecule has 0 heterocycles. The fourth-order valence-corrected chi connectivity index (χ4v) is 22.6. The molecular weight excluding hydrogens is 1520 g/mol. The van der Waals surface area contributed by atoms with Gasteiger partial charge < -0.3 is 20.1 Å². The van der Waals surface area contributed by atoms with E-state index in [9.17, 15) is 33.6 Å². The first-order valence-electron chi connectivity index (χ1n) is 37.7. The van der Waals surface area contributed by atoms with Crippen LogP contribution in [0.25, 0.3) is 0 Å². The number of halogens is 8. The Morgan fingerprint density at radius 2 is 0.536 bits per heavy atom. The van der Waals surface area contributed by atoms with Crippen LogP contribution < -0.4 is 0 Å². The predicted molar refractivity (Wildman–Crippen MR) is 420 cm³/mol. The molecule has 0 fully saturated rings. The monoisotopic (exact) mass is 1650 g/mol. The average Bonchev–Trinajstić information content (AvgIpc) is 0.722. The Labute approximate surface area is 651 Å². The Morgan fingerprint density at radius 1 is 0.336 bits per heavy atom. The van der Waals surface area contributed by atoms with Crippen LogP contribution in [0.4, 0.5) is 35.1 Å². The highest BCUT2D eigenvalue weighted by molar-refractivity contribution is 7.55. The van der Waals surface area contributed by atoms with E-state index in [0.717, 1.165) is 48.5 Å². The average molecular weight is 1650 g/mol. The number of benzene rings is 4. The maximum absolute atomic E-state index is 17.3. The summed E-state index contributed by atoms with van der Waals surface area (Å²) in [5.41, 5.74) is -38.9. The molecule has 0 saturated carbocycles. The summed E-state index contributed by atoms with van der Waals surface area (Å²) in [6.45, 7) is 44.2. The number of aliphatic hydroxyl groups excluding tert-OH is 2. The van der Waals surface area contributed by atoms with E-state index < -0.39 is 180 Å². The lowest BCUT2D eigenvalue weighted by atomic mass is 9.57. The van der Waals surface area contributed by atoms with Gasteiger partial charge in [-0.1, -0.05) is 151 Å². The Bertz CT molecular complexity index is 3560. The number of alkyl halides is 8. The smallest absolute Gasteiger partial charge is 0.396 e. The van der Waals surface area contributed by atoms with Crippen molar-refractivity contribution in [1.29, 1.82) is 0 Å². The van der Waals surface area contributed by atoms with Crippen LogP contribution in [0, 0.1) is 22.7 Å². The van der Waals surface area contributed by atoms with Crippen LogP contribution in [-0.4, -0.2) is 84.2 Å². The molecule has 3 unspecified atom stereocenters. The minimum absolute atomic E-state index is 0.0816. The second kappa shape index (κ2) is 34.4. The van der Waals surface area contributed by atoms with Gasteiger partial charge in [-0.05, 0) is 239 Å². The summed E-state index contributed by atoms with van der Waals surface area (Å²) < 4.78 is 250. The van der Waals surface area contributed by atoms with Gasteiger partial charge in [0.1, 0.15) is 0 Å². The van der Waals surface area contributed by atoms with Crippen LogP contribution in [0.15, 0.2) is 97.1 Å². The van der Waals surface area contributed by atoms with E-state index in [1.165, 1.54) is 215 Å². The molecule has 0 amide bonds. The van der Waals surface area contributed by atoms with Crippen LogP contribution in [0.1, 0.15) is 278 Å². The van der Waals surface area contributed by atoms with Crippen LogP contribution in [0.5, 0.6) is 0 Å². The van der Waals surface area contributed by atoms with E-state index in [-0.39, 0.29) is 60.8 Å². The molecule has 3 N–H and O–H groups in total. The third kappa shape index (κ3) is 24.0. The zero-order chi connectivity index (χ0) is 85.4. The quantitative estimate of drug-likeness (QED) is 0.0219. The molecule has 3 atom stereocenters. The van der Waals surface area contributed by atoms with Crippen molar-refractivity contribution in [3.63, 3.8) is 0 Å². The largest absolute Gasteiger partial charge is 0.405 e. The number of ether oxygens (including phenoxy) is 1. The molecule has 0 aromatic heterocycles. The van der Waals surface area contributed by atoms with Gasteiger partial charge in [-0.25, -0.2) is 0 Å². The van der Waals surface area contributed by atoms with Crippen molar-refractivity contribution >= 4 is 30.4 Å². The van der Waals surface area contributed by atoms with Crippen LogP contribution in [-0.2, 0) is 108 Å². The highest BCUT2D eigenvalue weighted by Crippen LogP contribution is 2.74. The van der Waals surface area contributed by atoms with E-state index in [1.54, 1.807) is 41.5 Å². The normalized spacial score (nSPS) is 16.2. The van der Waals surface area contributed by atoms with Crippen molar-refractivity contribution in [2.45, 2.75) is 344 Å². The van der Waals surface area contributed by atoms with Crippen molar-refractivity contribution in [1.82, 2.24) is 0 Å². The van der Waals surface area contributed by atoms with Crippen molar-refractivity contribution in [2.24, 2.45) is 22.7 Å². The lowest BCUT2D eigenvalue weighted by Gasteiger charge is -2.58. The summed E-state index contributed by atoms with van der Waals surface area (Å²) >= 11 is 0. The van der Waals surface area contributed by atoms with Crippen molar-refractivity contribution in [2.75, 3.05) is 6.61 Å². The van der Waals surface area contributed by atoms with E-state index in [0.29, 0.717) is 0 Å². The van der Waals surface area contributed by atoms with Gasteiger partial charge in [0.05, 0.1) is 68.0 Å². The first kappa shape index (κ1) is 99.1. The van der Waals surface area contributed by atoms with Crippen LogP contribution in [0.3, 0.4) is 0 Å². The topological polar surface area (TPSA) is 212 Å². The molecule has 0 bridgehead atoms. The predicted octanol–water partition coefficient (Wildman–Crippen LogP) is 25.1. The summed E-state index contributed by atoms with van der Waals surface area (Å²) in [6.07, 6.45) is -3.76. The Hall–Kier alpha value is -3.24. The van der Waals surface area contributed by atoms with Gasteiger partial charge in [0.15, 0.2) is 6.29 Å². The number of rotatable bonds is 36.